The summed E-state index contributed by atoms with van der Waals surface area (Å²) in [6, 6.07) is 5.18. The molecule has 0 amide bonds. The number of hydrogen-bond acceptors (Lipinski definition) is 4. The number of nitrogens with one attached hydrogen (secondary N) is 1. The van der Waals surface area contributed by atoms with E-state index in [9.17, 15) is 4.79 Å². The molecule has 1 aromatic carbocycles. The molecular formula is C16H15Cl2NO4. The molecule has 0 bridgehead atoms. The number of halogens is 2. The topological polar surface area (TPSA) is 60.6 Å². The SMILES string of the molecule is COC(=O)c1c(-c2c(Cl)cccc2Cl)c[nH]c1C1(OC)COC1. The molecule has 23 heavy (non-hydrogen) atoms. The zero-order chi connectivity index (χ0) is 16.6. The first-order chi connectivity index (χ1) is 11.0. The molecule has 1 N–H and O–H groups in total. The van der Waals surface area contributed by atoms with E-state index in [1.165, 1.54) is 7.11 Å². The molecule has 1 aromatic heterocycles. The van der Waals surface area contributed by atoms with Gasteiger partial charge in [-0.05, 0) is 12.1 Å². The molecule has 0 unspecified atom stereocenters. The maximum absolute atomic E-state index is 12.4. The Bertz CT molecular complexity index is 727. The van der Waals surface area contributed by atoms with Gasteiger partial charge in [0.15, 0.2) is 5.60 Å². The van der Waals surface area contributed by atoms with Crippen LogP contribution in [0.15, 0.2) is 24.4 Å². The van der Waals surface area contributed by atoms with Crippen LogP contribution < -0.4 is 0 Å². The summed E-state index contributed by atoms with van der Waals surface area (Å²) < 4.78 is 15.8. The van der Waals surface area contributed by atoms with Gasteiger partial charge in [0.2, 0.25) is 0 Å². The smallest absolute Gasteiger partial charge is 0.340 e. The molecule has 0 spiro atoms. The molecule has 1 fully saturated rings. The van der Waals surface area contributed by atoms with Crippen molar-refractivity contribution in [2.24, 2.45) is 0 Å². The van der Waals surface area contributed by atoms with E-state index in [4.69, 9.17) is 37.4 Å². The van der Waals surface area contributed by atoms with Gasteiger partial charge in [-0.3, -0.25) is 0 Å². The third kappa shape index (κ3) is 2.54. The standard InChI is InChI=1S/C16H15Cl2NO4/c1-21-15(20)13-9(12-10(17)4-3-5-11(12)18)6-19-14(13)16(22-2)7-23-8-16/h3-6,19H,7-8H2,1-2H3. The molecule has 122 valence electrons. The van der Waals surface area contributed by atoms with Crippen LogP contribution in [-0.2, 0) is 19.8 Å². The number of aromatic nitrogens is 1. The molecule has 3 rings (SSSR count). The van der Waals surface area contributed by atoms with Gasteiger partial charge in [-0.1, -0.05) is 29.3 Å². The molecule has 1 aliphatic rings. The molecule has 7 heteroatoms. The average Bonchev–Trinajstić information content (AvgIpc) is 2.91. The lowest BCUT2D eigenvalue weighted by atomic mass is 9.91. The molecule has 2 heterocycles. The third-order valence-corrected chi connectivity index (χ3v) is 4.65. The van der Waals surface area contributed by atoms with Crippen LogP contribution in [0.2, 0.25) is 10.0 Å². The Morgan fingerprint density at radius 2 is 1.91 bits per heavy atom. The first-order valence-corrected chi connectivity index (χ1v) is 7.67. The summed E-state index contributed by atoms with van der Waals surface area (Å²) in [5.74, 6) is -0.490. The largest absolute Gasteiger partial charge is 0.465 e. The second-order valence-corrected chi connectivity index (χ2v) is 6.05. The fourth-order valence-corrected chi connectivity index (χ4v) is 3.30. The molecule has 0 atom stereocenters. The van der Waals surface area contributed by atoms with E-state index in [0.29, 0.717) is 45.6 Å². The highest BCUT2D eigenvalue weighted by molar-refractivity contribution is 6.39. The lowest BCUT2D eigenvalue weighted by Gasteiger charge is -2.39. The quantitative estimate of drug-likeness (QED) is 0.850. The number of hydrogen-bond donors (Lipinski definition) is 1. The van der Waals surface area contributed by atoms with Crippen LogP contribution >= 0.6 is 23.2 Å². The Hall–Kier alpha value is -1.53. The first-order valence-electron chi connectivity index (χ1n) is 6.91. The van der Waals surface area contributed by atoms with Gasteiger partial charge < -0.3 is 19.2 Å². The monoisotopic (exact) mass is 355 g/mol. The van der Waals surface area contributed by atoms with Gasteiger partial charge in [-0.15, -0.1) is 0 Å². The Kier molecular flexibility index (Phi) is 4.38. The van der Waals surface area contributed by atoms with Crippen molar-refractivity contribution in [3.05, 3.63) is 45.7 Å². The van der Waals surface area contributed by atoms with Crippen molar-refractivity contribution in [3.8, 4) is 11.1 Å². The van der Waals surface area contributed by atoms with E-state index in [-0.39, 0.29) is 0 Å². The Labute approximate surface area is 143 Å². The fourth-order valence-electron chi connectivity index (χ4n) is 2.70. The van der Waals surface area contributed by atoms with Crippen molar-refractivity contribution in [3.63, 3.8) is 0 Å². The van der Waals surface area contributed by atoms with Crippen molar-refractivity contribution in [2.75, 3.05) is 27.4 Å². The number of benzene rings is 1. The van der Waals surface area contributed by atoms with Crippen LogP contribution in [0.4, 0.5) is 0 Å². The molecule has 5 nitrogen and oxygen atoms in total. The van der Waals surface area contributed by atoms with Gasteiger partial charge in [-0.25, -0.2) is 4.79 Å². The molecule has 1 saturated heterocycles. The fraction of sp³-hybridized carbons (Fsp3) is 0.312. The summed E-state index contributed by atoms with van der Waals surface area (Å²) in [5, 5.41) is 0.897. The van der Waals surface area contributed by atoms with Crippen LogP contribution in [0.1, 0.15) is 16.1 Å². The Morgan fingerprint density at radius 1 is 1.26 bits per heavy atom. The molecule has 0 saturated carbocycles. The van der Waals surface area contributed by atoms with Gasteiger partial charge in [0.1, 0.15) is 0 Å². The van der Waals surface area contributed by atoms with E-state index in [1.54, 1.807) is 31.5 Å². The van der Waals surface area contributed by atoms with Crippen molar-refractivity contribution in [1.82, 2.24) is 4.98 Å². The summed E-state index contributed by atoms with van der Waals surface area (Å²) in [5.41, 5.74) is 1.41. The van der Waals surface area contributed by atoms with Gasteiger partial charge in [-0.2, -0.15) is 0 Å². The maximum atomic E-state index is 12.4. The van der Waals surface area contributed by atoms with Crippen LogP contribution in [-0.4, -0.2) is 38.4 Å². The van der Waals surface area contributed by atoms with Crippen LogP contribution in [0.5, 0.6) is 0 Å². The van der Waals surface area contributed by atoms with Crippen molar-refractivity contribution in [1.29, 1.82) is 0 Å². The minimum Gasteiger partial charge on any atom is -0.465 e. The van der Waals surface area contributed by atoms with E-state index < -0.39 is 11.6 Å². The van der Waals surface area contributed by atoms with Gasteiger partial charge in [0.05, 0.1) is 31.6 Å². The van der Waals surface area contributed by atoms with E-state index >= 15 is 0 Å². The molecule has 0 aliphatic carbocycles. The van der Waals surface area contributed by atoms with E-state index in [1.807, 2.05) is 0 Å². The number of aromatic amines is 1. The minimum absolute atomic E-state index is 0.351. The number of rotatable bonds is 4. The second-order valence-electron chi connectivity index (χ2n) is 5.23. The molecular weight excluding hydrogens is 341 g/mol. The van der Waals surface area contributed by atoms with Crippen LogP contribution in [0.3, 0.4) is 0 Å². The predicted octanol–water partition coefficient (Wildman–Crippen LogP) is 3.65. The predicted molar refractivity (Wildman–Crippen MR) is 87.1 cm³/mol. The zero-order valence-corrected chi connectivity index (χ0v) is 14.1. The molecule has 0 radical (unpaired) electrons. The Morgan fingerprint density at radius 3 is 2.39 bits per heavy atom. The number of esters is 1. The van der Waals surface area contributed by atoms with Crippen molar-refractivity contribution >= 4 is 29.2 Å². The number of ether oxygens (including phenoxy) is 3. The summed E-state index contributed by atoms with van der Waals surface area (Å²) >= 11 is 12.6. The number of carbonyl (C=O) groups is 1. The molecule has 2 aromatic rings. The third-order valence-electron chi connectivity index (χ3n) is 4.02. The Balaban J connectivity index is 2.23. The van der Waals surface area contributed by atoms with Gasteiger partial charge in [0, 0.05) is 34.5 Å². The first kappa shape index (κ1) is 16.3. The summed E-state index contributed by atoms with van der Waals surface area (Å²) in [7, 11) is 2.90. The lowest BCUT2D eigenvalue weighted by molar-refractivity contribution is -0.204. The highest BCUT2D eigenvalue weighted by Crippen LogP contribution is 2.42. The van der Waals surface area contributed by atoms with Gasteiger partial charge in [0.25, 0.3) is 0 Å². The minimum atomic E-state index is -0.699. The van der Waals surface area contributed by atoms with Crippen molar-refractivity contribution < 1.29 is 19.0 Å². The van der Waals surface area contributed by atoms with E-state index in [2.05, 4.69) is 4.98 Å². The number of H-pyrrole nitrogens is 1. The second kappa shape index (κ2) is 6.17. The molecule has 1 aliphatic heterocycles. The van der Waals surface area contributed by atoms with E-state index in [0.717, 1.165) is 0 Å². The average molecular weight is 356 g/mol. The van der Waals surface area contributed by atoms with Crippen molar-refractivity contribution in [2.45, 2.75) is 5.60 Å². The highest BCUT2D eigenvalue weighted by atomic mass is 35.5. The normalized spacial score (nSPS) is 16.0. The summed E-state index contributed by atoms with van der Waals surface area (Å²) in [4.78, 5) is 15.5. The number of carbonyl (C=O) groups excluding carboxylic acids is 1. The lowest BCUT2D eigenvalue weighted by Crippen LogP contribution is -2.49. The van der Waals surface area contributed by atoms with Crippen LogP contribution in [0, 0.1) is 0 Å². The maximum Gasteiger partial charge on any atom is 0.340 e. The van der Waals surface area contributed by atoms with Gasteiger partial charge >= 0.3 is 5.97 Å². The summed E-state index contributed by atoms with van der Waals surface area (Å²) in [6.07, 6.45) is 1.69. The van der Waals surface area contributed by atoms with Crippen LogP contribution in [0.25, 0.3) is 11.1 Å². The highest BCUT2D eigenvalue weighted by Gasteiger charge is 2.45. The number of methoxy groups -OCH3 is 2. The summed E-state index contributed by atoms with van der Waals surface area (Å²) in [6.45, 7) is 0.702. The zero-order valence-electron chi connectivity index (χ0n) is 12.6.